The third kappa shape index (κ3) is 4.03. The SMILES string of the molecule is O=C(NCCN1CCCCC1)c1ccc(-c2c[nH]c3cc(F)ccc23)cc1. The quantitative estimate of drug-likeness (QED) is 0.712. The number of nitrogens with one attached hydrogen (secondary N) is 2. The Morgan fingerprint density at radius 3 is 2.63 bits per heavy atom. The monoisotopic (exact) mass is 365 g/mol. The van der Waals surface area contributed by atoms with E-state index in [-0.39, 0.29) is 11.7 Å². The highest BCUT2D eigenvalue weighted by Gasteiger charge is 2.12. The summed E-state index contributed by atoms with van der Waals surface area (Å²) < 4.78 is 13.3. The molecule has 4 rings (SSSR count). The van der Waals surface area contributed by atoms with Crippen LogP contribution in [0.3, 0.4) is 0 Å². The number of nitrogens with zero attached hydrogens (tertiary/aromatic N) is 1. The maximum Gasteiger partial charge on any atom is 0.251 e. The molecule has 0 spiro atoms. The Kier molecular flexibility index (Phi) is 5.21. The zero-order valence-electron chi connectivity index (χ0n) is 15.3. The van der Waals surface area contributed by atoms with Gasteiger partial charge >= 0.3 is 0 Å². The summed E-state index contributed by atoms with van der Waals surface area (Å²) in [7, 11) is 0. The molecule has 1 saturated heterocycles. The first-order chi connectivity index (χ1) is 13.2. The van der Waals surface area contributed by atoms with Crippen molar-refractivity contribution in [3.05, 3.63) is 60.0 Å². The normalized spacial score (nSPS) is 15.1. The van der Waals surface area contributed by atoms with E-state index >= 15 is 0 Å². The lowest BCUT2D eigenvalue weighted by Crippen LogP contribution is -2.37. The summed E-state index contributed by atoms with van der Waals surface area (Å²) >= 11 is 0. The molecule has 2 heterocycles. The van der Waals surface area contributed by atoms with Crippen LogP contribution in [0.2, 0.25) is 0 Å². The number of amides is 1. The first kappa shape index (κ1) is 17.7. The number of likely N-dealkylation sites (tertiary alicyclic amines) is 1. The molecule has 0 bridgehead atoms. The second-order valence-electron chi connectivity index (χ2n) is 7.13. The van der Waals surface area contributed by atoms with Gasteiger partial charge in [-0.15, -0.1) is 0 Å². The molecule has 5 heteroatoms. The Morgan fingerprint density at radius 1 is 1.07 bits per heavy atom. The van der Waals surface area contributed by atoms with E-state index in [2.05, 4.69) is 15.2 Å². The molecular weight excluding hydrogens is 341 g/mol. The van der Waals surface area contributed by atoms with Crippen LogP contribution in [-0.4, -0.2) is 42.0 Å². The number of halogens is 1. The second kappa shape index (κ2) is 7.92. The molecule has 2 N–H and O–H groups in total. The van der Waals surface area contributed by atoms with Crippen molar-refractivity contribution in [2.45, 2.75) is 19.3 Å². The summed E-state index contributed by atoms with van der Waals surface area (Å²) in [5.41, 5.74) is 3.42. The number of hydrogen-bond donors (Lipinski definition) is 2. The Balaban J connectivity index is 1.39. The number of aromatic nitrogens is 1. The minimum atomic E-state index is -0.257. The fraction of sp³-hybridized carbons (Fsp3) is 0.318. The minimum Gasteiger partial charge on any atom is -0.360 e. The fourth-order valence-corrected chi connectivity index (χ4v) is 3.75. The van der Waals surface area contributed by atoms with E-state index in [0.29, 0.717) is 12.1 Å². The predicted octanol–water partition coefficient (Wildman–Crippen LogP) is 4.19. The van der Waals surface area contributed by atoms with Gasteiger partial charge in [0, 0.05) is 41.3 Å². The smallest absolute Gasteiger partial charge is 0.251 e. The van der Waals surface area contributed by atoms with Gasteiger partial charge in [-0.1, -0.05) is 18.6 Å². The van der Waals surface area contributed by atoms with Crippen LogP contribution in [0.1, 0.15) is 29.6 Å². The molecule has 0 radical (unpaired) electrons. The van der Waals surface area contributed by atoms with Gasteiger partial charge in [0.15, 0.2) is 0 Å². The topological polar surface area (TPSA) is 48.1 Å². The van der Waals surface area contributed by atoms with Gasteiger partial charge in [0.25, 0.3) is 5.91 Å². The van der Waals surface area contributed by atoms with Crippen LogP contribution >= 0.6 is 0 Å². The molecular formula is C22H24FN3O. The van der Waals surface area contributed by atoms with E-state index < -0.39 is 0 Å². The summed E-state index contributed by atoms with van der Waals surface area (Å²) in [5, 5.41) is 3.98. The van der Waals surface area contributed by atoms with Crippen LogP contribution in [0.15, 0.2) is 48.7 Å². The molecule has 1 aromatic heterocycles. The van der Waals surface area contributed by atoms with Crippen LogP contribution in [0.4, 0.5) is 4.39 Å². The van der Waals surface area contributed by atoms with Crippen LogP contribution in [0, 0.1) is 5.82 Å². The third-order valence-corrected chi connectivity index (χ3v) is 5.26. The maximum absolute atomic E-state index is 13.3. The largest absolute Gasteiger partial charge is 0.360 e. The second-order valence-corrected chi connectivity index (χ2v) is 7.13. The van der Waals surface area contributed by atoms with Gasteiger partial charge in [-0.05, 0) is 61.8 Å². The van der Waals surface area contributed by atoms with Crippen molar-refractivity contribution < 1.29 is 9.18 Å². The molecule has 0 aliphatic carbocycles. The molecule has 4 nitrogen and oxygen atoms in total. The number of carbonyl (C=O) groups excluding carboxylic acids is 1. The zero-order chi connectivity index (χ0) is 18.6. The lowest BCUT2D eigenvalue weighted by atomic mass is 10.0. The number of rotatable bonds is 5. The summed E-state index contributed by atoms with van der Waals surface area (Å²) in [6.07, 6.45) is 5.71. The average molecular weight is 365 g/mol. The van der Waals surface area contributed by atoms with Gasteiger partial charge < -0.3 is 15.2 Å². The summed E-state index contributed by atoms with van der Waals surface area (Å²) in [6, 6.07) is 12.3. The Morgan fingerprint density at radius 2 is 1.85 bits per heavy atom. The van der Waals surface area contributed by atoms with Crippen molar-refractivity contribution in [1.29, 1.82) is 0 Å². The molecule has 140 valence electrons. The highest BCUT2D eigenvalue weighted by molar-refractivity contribution is 5.97. The van der Waals surface area contributed by atoms with Gasteiger partial charge in [0.2, 0.25) is 0 Å². The van der Waals surface area contributed by atoms with Crippen molar-refractivity contribution in [3.8, 4) is 11.1 Å². The molecule has 0 unspecified atom stereocenters. The van der Waals surface area contributed by atoms with Gasteiger partial charge in [-0.25, -0.2) is 4.39 Å². The lowest BCUT2D eigenvalue weighted by molar-refractivity contribution is 0.0946. The fourth-order valence-electron chi connectivity index (χ4n) is 3.75. The first-order valence-corrected chi connectivity index (χ1v) is 9.58. The molecule has 2 aromatic carbocycles. The molecule has 27 heavy (non-hydrogen) atoms. The molecule has 0 atom stereocenters. The van der Waals surface area contributed by atoms with Crippen LogP contribution in [-0.2, 0) is 0 Å². The number of carbonyl (C=O) groups is 1. The maximum atomic E-state index is 13.3. The van der Waals surface area contributed by atoms with E-state index in [1.54, 1.807) is 6.07 Å². The van der Waals surface area contributed by atoms with Crippen molar-refractivity contribution >= 4 is 16.8 Å². The number of aromatic amines is 1. The number of piperidine rings is 1. The van der Waals surface area contributed by atoms with Gasteiger partial charge in [-0.2, -0.15) is 0 Å². The summed E-state index contributed by atoms with van der Waals surface area (Å²) in [6.45, 7) is 3.86. The number of fused-ring (bicyclic) bond motifs is 1. The van der Waals surface area contributed by atoms with Crippen LogP contribution in [0.5, 0.6) is 0 Å². The van der Waals surface area contributed by atoms with E-state index in [1.807, 2.05) is 30.5 Å². The minimum absolute atomic E-state index is 0.0421. The Hall–Kier alpha value is -2.66. The van der Waals surface area contributed by atoms with Crippen molar-refractivity contribution in [2.24, 2.45) is 0 Å². The van der Waals surface area contributed by atoms with Crippen LogP contribution in [0.25, 0.3) is 22.0 Å². The molecule has 1 aliphatic heterocycles. The highest BCUT2D eigenvalue weighted by atomic mass is 19.1. The molecule has 1 fully saturated rings. The number of hydrogen-bond acceptors (Lipinski definition) is 2. The van der Waals surface area contributed by atoms with E-state index in [9.17, 15) is 9.18 Å². The van der Waals surface area contributed by atoms with Crippen LogP contribution < -0.4 is 5.32 Å². The lowest BCUT2D eigenvalue weighted by Gasteiger charge is -2.26. The average Bonchev–Trinajstić information content (AvgIpc) is 3.12. The zero-order valence-corrected chi connectivity index (χ0v) is 15.3. The third-order valence-electron chi connectivity index (χ3n) is 5.26. The van der Waals surface area contributed by atoms with Gasteiger partial charge in [-0.3, -0.25) is 4.79 Å². The number of H-pyrrole nitrogens is 1. The Bertz CT molecular complexity index is 926. The van der Waals surface area contributed by atoms with Gasteiger partial charge in [0.1, 0.15) is 5.82 Å². The summed E-state index contributed by atoms with van der Waals surface area (Å²) in [4.78, 5) is 17.9. The number of benzene rings is 2. The van der Waals surface area contributed by atoms with Crippen molar-refractivity contribution in [3.63, 3.8) is 0 Å². The highest BCUT2D eigenvalue weighted by Crippen LogP contribution is 2.29. The molecule has 1 amide bonds. The van der Waals surface area contributed by atoms with E-state index in [4.69, 9.17) is 0 Å². The molecule has 1 aliphatic rings. The Labute approximate surface area is 158 Å². The van der Waals surface area contributed by atoms with E-state index in [1.165, 1.54) is 31.4 Å². The summed E-state index contributed by atoms with van der Waals surface area (Å²) in [5.74, 6) is -0.299. The first-order valence-electron chi connectivity index (χ1n) is 9.58. The molecule has 0 saturated carbocycles. The molecule has 3 aromatic rings. The van der Waals surface area contributed by atoms with E-state index in [0.717, 1.165) is 41.7 Å². The van der Waals surface area contributed by atoms with Crippen molar-refractivity contribution in [1.82, 2.24) is 15.2 Å². The standard InChI is InChI=1S/C22H24FN3O/c23-18-8-9-19-20(15-25-21(19)14-18)16-4-6-17(7-5-16)22(27)24-10-13-26-11-2-1-3-12-26/h4-9,14-15,25H,1-3,10-13H2,(H,24,27). The predicted molar refractivity (Wildman–Crippen MR) is 106 cm³/mol. The van der Waals surface area contributed by atoms with Gasteiger partial charge in [0.05, 0.1) is 0 Å². The van der Waals surface area contributed by atoms with Crippen molar-refractivity contribution in [2.75, 3.05) is 26.2 Å².